The Morgan fingerprint density at radius 1 is 1.10 bits per heavy atom. The van der Waals surface area contributed by atoms with Gasteiger partial charge in [0.15, 0.2) is 0 Å². The summed E-state index contributed by atoms with van der Waals surface area (Å²) in [4.78, 5) is 39.0. The van der Waals surface area contributed by atoms with Crippen molar-refractivity contribution in [3.63, 3.8) is 0 Å². The normalized spacial score (nSPS) is 22.6. The van der Waals surface area contributed by atoms with Gasteiger partial charge in [-0.05, 0) is 68.0 Å². The van der Waals surface area contributed by atoms with Crippen LogP contribution in [-0.4, -0.2) is 95.9 Å². The zero-order valence-electron chi connectivity index (χ0n) is 23.0. The highest BCUT2D eigenvalue weighted by atomic mass is 32.1. The van der Waals surface area contributed by atoms with Crippen molar-refractivity contribution in [1.29, 1.82) is 0 Å². The number of hydrogen-bond donors (Lipinski definition) is 0. The number of thiophene rings is 1. The molecule has 3 aliphatic heterocycles. The maximum absolute atomic E-state index is 13.5. The Hall–Kier alpha value is -2.95. The minimum atomic E-state index is -0.0673. The van der Waals surface area contributed by atoms with E-state index in [9.17, 15) is 9.59 Å². The summed E-state index contributed by atoms with van der Waals surface area (Å²) in [6.45, 7) is 6.86. The van der Waals surface area contributed by atoms with E-state index < -0.39 is 0 Å². The number of fused-ring (bicyclic) bond motifs is 1. The van der Waals surface area contributed by atoms with Crippen LogP contribution in [0.15, 0.2) is 35.4 Å². The van der Waals surface area contributed by atoms with E-state index >= 15 is 0 Å². The highest BCUT2D eigenvalue weighted by Crippen LogP contribution is 2.35. The number of rotatable bonds is 5. The third-order valence-corrected chi connectivity index (χ3v) is 9.89. The molecular weight excluding hydrogens is 514 g/mol. The number of ether oxygens (including phenoxy) is 2. The number of hydrogen-bond acceptors (Lipinski definition) is 7. The van der Waals surface area contributed by atoms with Crippen molar-refractivity contribution in [2.45, 2.75) is 50.7 Å². The van der Waals surface area contributed by atoms with E-state index in [1.165, 1.54) is 11.3 Å². The minimum Gasteiger partial charge on any atom is -0.497 e. The number of carbonyl (C=O) groups is 1. The standard InChI is InChI=1S/C29H37N5O4S/c1-19-14-23(37-3)4-5-24(19)26-15-25-27(39-26)28(35)34(18-30-25)22-7-11-33(17-22)29(36)31(2)21-6-10-32(16-21)20-8-12-38-13-9-20/h4-5,14-15,18,20-22H,6-13,16-17H2,1-3H3/t21-,22-/m0/s1. The molecule has 2 amide bonds. The number of amides is 2. The summed E-state index contributed by atoms with van der Waals surface area (Å²) in [5.41, 5.74) is 2.85. The van der Waals surface area contributed by atoms with Gasteiger partial charge in [-0.3, -0.25) is 14.3 Å². The lowest BCUT2D eigenvalue weighted by atomic mass is 10.1. The van der Waals surface area contributed by atoms with Crippen LogP contribution in [0.2, 0.25) is 0 Å². The first-order chi connectivity index (χ1) is 18.9. The molecule has 2 atom stereocenters. The summed E-state index contributed by atoms with van der Waals surface area (Å²) in [5.74, 6) is 0.813. The molecule has 5 heterocycles. The number of carbonyl (C=O) groups excluding carboxylic acids is 1. The average molecular weight is 552 g/mol. The lowest BCUT2D eigenvalue weighted by Gasteiger charge is -2.33. The van der Waals surface area contributed by atoms with Gasteiger partial charge in [-0.2, -0.15) is 0 Å². The molecule has 2 aromatic heterocycles. The van der Waals surface area contributed by atoms with Crippen molar-refractivity contribution < 1.29 is 14.3 Å². The van der Waals surface area contributed by atoms with Crippen molar-refractivity contribution in [2.75, 3.05) is 53.6 Å². The molecule has 208 valence electrons. The molecular formula is C29H37N5O4S. The fraction of sp³-hybridized carbons (Fsp3) is 0.552. The lowest BCUT2D eigenvalue weighted by Crippen LogP contribution is -2.47. The summed E-state index contributed by atoms with van der Waals surface area (Å²) in [5, 5.41) is 0. The highest BCUT2D eigenvalue weighted by molar-refractivity contribution is 7.22. The molecule has 9 nitrogen and oxygen atoms in total. The molecule has 3 aromatic rings. The second-order valence-corrected chi connectivity index (χ2v) is 12.1. The monoisotopic (exact) mass is 551 g/mol. The Kier molecular flexibility index (Phi) is 7.35. The molecule has 6 rings (SSSR count). The van der Waals surface area contributed by atoms with Gasteiger partial charge >= 0.3 is 6.03 Å². The van der Waals surface area contributed by atoms with Crippen LogP contribution in [0.4, 0.5) is 4.79 Å². The molecule has 0 aliphatic carbocycles. The van der Waals surface area contributed by atoms with Crippen LogP contribution in [0.3, 0.4) is 0 Å². The zero-order valence-corrected chi connectivity index (χ0v) is 23.8. The van der Waals surface area contributed by atoms with Gasteiger partial charge < -0.3 is 19.3 Å². The summed E-state index contributed by atoms with van der Waals surface area (Å²) < 4.78 is 13.2. The molecule has 0 spiro atoms. The summed E-state index contributed by atoms with van der Waals surface area (Å²) in [6, 6.07) is 8.76. The van der Waals surface area contributed by atoms with E-state index in [2.05, 4.69) is 9.88 Å². The number of benzene rings is 1. The Labute approximate surface area is 232 Å². The van der Waals surface area contributed by atoms with Gasteiger partial charge in [0.2, 0.25) is 0 Å². The van der Waals surface area contributed by atoms with Gasteiger partial charge in [-0.15, -0.1) is 11.3 Å². The topological polar surface area (TPSA) is 80.1 Å². The van der Waals surface area contributed by atoms with Crippen molar-refractivity contribution in [2.24, 2.45) is 0 Å². The predicted octanol–water partition coefficient (Wildman–Crippen LogP) is 3.99. The molecule has 39 heavy (non-hydrogen) atoms. The van der Waals surface area contributed by atoms with E-state index in [-0.39, 0.29) is 23.7 Å². The van der Waals surface area contributed by atoms with Crippen molar-refractivity contribution in [3.8, 4) is 16.2 Å². The number of nitrogens with zero attached hydrogens (tertiary/aromatic N) is 5. The molecule has 3 fully saturated rings. The SMILES string of the molecule is COc1ccc(-c2cc3ncn([C@H]4CCN(C(=O)N(C)[C@H]5CCN(C6CCOCC6)C5)C4)c(=O)c3s2)c(C)c1. The van der Waals surface area contributed by atoms with Crippen LogP contribution in [0, 0.1) is 6.92 Å². The maximum atomic E-state index is 13.5. The molecule has 0 unspecified atom stereocenters. The van der Waals surface area contributed by atoms with E-state index in [1.54, 1.807) is 18.0 Å². The number of methoxy groups -OCH3 is 1. The van der Waals surface area contributed by atoms with Crippen LogP contribution >= 0.6 is 11.3 Å². The third kappa shape index (κ3) is 5.05. The first kappa shape index (κ1) is 26.3. The Balaban J connectivity index is 1.14. The van der Waals surface area contributed by atoms with Crippen molar-refractivity contribution in [3.05, 3.63) is 46.5 Å². The summed E-state index contributed by atoms with van der Waals surface area (Å²) in [7, 11) is 3.59. The molecule has 1 aromatic carbocycles. The van der Waals surface area contributed by atoms with Crippen molar-refractivity contribution in [1.82, 2.24) is 24.3 Å². The zero-order chi connectivity index (χ0) is 27.1. The first-order valence-corrected chi connectivity index (χ1v) is 14.7. The Morgan fingerprint density at radius 3 is 2.69 bits per heavy atom. The fourth-order valence-corrected chi connectivity index (χ4v) is 7.48. The minimum absolute atomic E-state index is 0.0297. The van der Waals surface area contributed by atoms with Gasteiger partial charge in [0.05, 0.1) is 25.0 Å². The highest BCUT2D eigenvalue weighted by Gasteiger charge is 2.36. The molecule has 0 N–H and O–H groups in total. The molecule has 0 radical (unpaired) electrons. The number of urea groups is 1. The van der Waals surface area contributed by atoms with Gasteiger partial charge in [0.25, 0.3) is 5.56 Å². The maximum Gasteiger partial charge on any atom is 0.320 e. The quantitative estimate of drug-likeness (QED) is 0.477. The van der Waals surface area contributed by atoms with Gasteiger partial charge in [0, 0.05) is 63.4 Å². The number of likely N-dealkylation sites (tertiary alicyclic amines) is 2. The number of likely N-dealkylation sites (N-methyl/N-ethyl adjacent to an activating group) is 1. The van der Waals surface area contributed by atoms with Crippen LogP contribution in [-0.2, 0) is 4.74 Å². The number of aromatic nitrogens is 2. The fourth-order valence-electron chi connectivity index (χ4n) is 6.35. The molecule has 0 bridgehead atoms. The molecule has 0 saturated carbocycles. The van der Waals surface area contributed by atoms with E-state index in [1.807, 2.05) is 48.0 Å². The van der Waals surface area contributed by atoms with Crippen molar-refractivity contribution >= 4 is 27.6 Å². The lowest BCUT2D eigenvalue weighted by molar-refractivity contribution is 0.0402. The second kappa shape index (κ2) is 10.9. The summed E-state index contributed by atoms with van der Waals surface area (Å²) in [6.07, 6.45) is 5.58. The molecule has 3 saturated heterocycles. The van der Waals surface area contributed by atoms with Crippen LogP contribution in [0.1, 0.15) is 37.3 Å². The van der Waals surface area contributed by atoms with E-state index in [0.29, 0.717) is 29.3 Å². The van der Waals surface area contributed by atoms with Crippen LogP contribution < -0.4 is 10.3 Å². The smallest absolute Gasteiger partial charge is 0.320 e. The van der Waals surface area contributed by atoms with Crippen LogP contribution in [0.5, 0.6) is 5.75 Å². The number of aryl methyl sites for hydroxylation is 1. The molecule has 10 heteroatoms. The summed E-state index contributed by atoms with van der Waals surface area (Å²) >= 11 is 1.48. The average Bonchev–Trinajstić information content (AvgIpc) is 3.73. The Morgan fingerprint density at radius 2 is 1.92 bits per heavy atom. The van der Waals surface area contributed by atoms with E-state index in [4.69, 9.17) is 9.47 Å². The molecule has 3 aliphatic rings. The van der Waals surface area contributed by atoms with Crippen LogP contribution in [0.25, 0.3) is 20.7 Å². The first-order valence-electron chi connectivity index (χ1n) is 13.9. The van der Waals surface area contributed by atoms with E-state index in [0.717, 1.165) is 73.7 Å². The third-order valence-electron chi connectivity index (χ3n) is 8.74. The largest absolute Gasteiger partial charge is 0.497 e. The Bertz CT molecular complexity index is 1410. The van der Waals surface area contributed by atoms with Gasteiger partial charge in [0.1, 0.15) is 10.4 Å². The predicted molar refractivity (Wildman–Crippen MR) is 153 cm³/mol. The van der Waals surface area contributed by atoms with Gasteiger partial charge in [-0.25, -0.2) is 9.78 Å². The second-order valence-electron chi connectivity index (χ2n) is 11.0. The van der Waals surface area contributed by atoms with Gasteiger partial charge in [-0.1, -0.05) is 0 Å².